The van der Waals surface area contributed by atoms with E-state index in [-0.39, 0.29) is 5.91 Å². The van der Waals surface area contributed by atoms with Crippen molar-refractivity contribution in [3.63, 3.8) is 0 Å². The molecule has 160 valence electrons. The van der Waals surface area contributed by atoms with E-state index < -0.39 is 0 Å². The highest BCUT2D eigenvalue weighted by atomic mass is 16.2. The number of nitrogens with zero attached hydrogens (tertiary/aromatic N) is 5. The summed E-state index contributed by atoms with van der Waals surface area (Å²) in [5, 5.41) is 8.31. The van der Waals surface area contributed by atoms with E-state index in [1.807, 2.05) is 23.1 Å². The van der Waals surface area contributed by atoms with Gasteiger partial charge >= 0.3 is 0 Å². The van der Waals surface area contributed by atoms with Crippen LogP contribution in [0.4, 0.5) is 0 Å². The number of aromatic nitrogens is 3. The summed E-state index contributed by atoms with van der Waals surface area (Å²) in [6.07, 6.45) is 6.16. The lowest BCUT2D eigenvalue weighted by Crippen LogP contribution is -2.53. The van der Waals surface area contributed by atoms with E-state index in [4.69, 9.17) is 0 Å². The second-order valence-corrected chi connectivity index (χ2v) is 8.60. The lowest BCUT2D eigenvalue weighted by molar-refractivity contribution is 0.0547. The Morgan fingerprint density at radius 1 is 0.935 bits per heavy atom. The van der Waals surface area contributed by atoms with Gasteiger partial charge in [0.2, 0.25) is 0 Å². The number of carbonyl (C=O) groups is 1. The Bertz CT molecular complexity index is 1020. The molecule has 1 aliphatic carbocycles. The molecule has 0 unspecified atom stereocenters. The van der Waals surface area contributed by atoms with Gasteiger partial charge in [-0.05, 0) is 42.4 Å². The first-order valence-electron chi connectivity index (χ1n) is 11.3. The first-order valence-corrected chi connectivity index (χ1v) is 11.3. The summed E-state index contributed by atoms with van der Waals surface area (Å²) in [4.78, 5) is 17.4. The molecular weight excluding hydrogens is 386 g/mol. The SMILES string of the molecule is O=C(c1cn(CCc2ccccc2)nn1)N1CCN([C@@H]2CCc3ccccc3C2)CC1. The zero-order chi connectivity index (χ0) is 21.0. The monoisotopic (exact) mass is 415 g/mol. The van der Waals surface area contributed by atoms with Crippen LogP contribution in [0.3, 0.4) is 0 Å². The molecule has 6 nitrogen and oxygen atoms in total. The van der Waals surface area contributed by atoms with Crippen LogP contribution in [0.5, 0.6) is 0 Å². The number of hydrogen-bond donors (Lipinski definition) is 0. The Balaban J connectivity index is 1.13. The Morgan fingerprint density at radius 3 is 2.48 bits per heavy atom. The van der Waals surface area contributed by atoms with Gasteiger partial charge in [-0.15, -0.1) is 5.10 Å². The number of hydrogen-bond acceptors (Lipinski definition) is 4. The number of piperazine rings is 1. The second-order valence-electron chi connectivity index (χ2n) is 8.60. The molecule has 2 aliphatic rings. The number of rotatable bonds is 5. The van der Waals surface area contributed by atoms with Gasteiger partial charge in [-0.1, -0.05) is 59.8 Å². The average molecular weight is 416 g/mol. The minimum Gasteiger partial charge on any atom is -0.335 e. The normalized spacial score (nSPS) is 19.2. The quantitative estimate of drug-likeness (QED) is 0.643. The van der Waals surface area contributed by atoms with Crippen LogP contribution in [0.1, 0.15) is 33.6 Å². The molecule has 0 bridgehead atoms. The summed E-state index contributed by atoms with van der Waals surface area (Å²) >= 11 is 0. The van der Waals surface area contributed by atoms with Gasteiger partial charge in [0.15, 0.2) is 5.69 Å². The van der Waals surface area contributed by atoms with Crippen molar-refractivity contribution in [2.75, 3.05) is 26.2 Å². The van der Waals surface area contributed by atoms with Crippen LogP contribution in [0.15, 0.2) is 60.8 Å². The highest BCUT2D eigenvalue weighted by Gasteiger charge is 2.29. The first-order chi connectivity index (χ1) is 15.3. The molecule has 6 heteroatoms. The second kappa shape index (κ2) is 9.02. The predicted molar refractivity (Wildman–Crippen MR) is 120 cm³/mol. The van der Waals surface area contributed by atoms with Crippen molar-refractivity contribution >= 4 is 5.91 Å². The summed E-state index contributed by atoms with van der Waals surface area (Å²) in [7, 11) is 0. The highest BCUT2D eigenvalue weighted by Crippen LogP contribution is 2.25. The van der Waals surface area contributed by atoms with Gasteiger partial charge in [0.1, 0.15) is 0 Å². The number of carbonyl (C=O) groups excluding carboxylic acids is 1. The fraction of sp³-hybridized carbons (Fsp3) is 0.400. The molecule has 1 aromatic heterocycles. The van der Waals surface area contributed by atoms with Crippen LogP contribution < -0.4 is 0 Å². The third-order valence-corrected chi connectivity index (χ3v) is 6.67. The molecule has 1 fully saturated rings. The van der Waals surface area contributed by atoms with Gasteiger partial charge in [0.25, 0.3) is 5.91 Å². The predicted octanol–water partition coefficient (Wildman–Crippen LogP) is 2.84. The van der Waals surface area contributed by atoms with Gasteiger partial charge in [-0.25, -0.2) is 0 Å². The lowest BCUT2D eigenvalue weighted by Gasteiger charge is -2.41. The molecule has 0 spiro atoms. The molecule has 1 aliphatic heterocycles. The summed E-state index contributed by atoms with van der Waals surface area (Å²) in [5.41, 5.74) is 4.70. The van der Waals surface area contributed by atoms with E-state index in [9.17, 15) is 4.79 Å². The number of aryl methyl sites for hydroxylation is 3. The van der Waals surface area contributed by atoms with Gasteiger partial charge in [-0.3, -0.25) is 14.4 Å². The van der Waals surface area contributed by atoms with Crippen LogP contribution >= 0.6 is 0 Å². The molecule has 0 saturated carbocycles. The maximum Gasteiger partial charge on any atom is 0.276 e. The standard InChI is InChI=1S/C25H29N5O/c31-25(24-19-30(27-26-24)13-12-20-6-2-1-3-7-20)29-16-14-28(15-17-29)23-11-10-21-8-4-5-9-22(21)18-23/h1-9,19,23H,10-18H2/t23-/m1/s1. The van der Waals surface area contributed by atoms with Gasteiger partial charge < -0.3 is 4.90 Å². The average Bonchev–Trinajstić information content (AvgIpc) is 3.32. The van der Waals surface area contributed by atoms with E-state index in [1.165, 1.54) is 23.1 Å². The summed E-state index contributed by atoms with van der Waals surface area (Å²) in [5.74, 6) is -0.000370. The molecule has 0 N–H and O–H groups in total. The van der Waals surface area contributed by atoms with E-state index in [0.29, 0.717) is 11.7 Å². The van der Waals surface area contributed by atoms with Crippen molar-refractivity contribution in [1.29, 1.82) is 0 Å². The Hall–Kier alpha value is -2.99. The molecule has 0 radical (unpaired) electrons. The third kappa shape index (κ3) is 4.54. The maximum absolute atomic E-state index is 12.9. The molecule has 2 heterocycles. The topological polar surface area (TPSA) is 54.3 Å². The maximum atomic E-state index is 12.9. The van der Waals surface area contributed by atoms with Crippen molar-refractivity contribution in [3.05, 3.63) is 83.2 Å². The van der Waals surface area contributed by atoms with Crippen molar-refractivity contribution in [2.45, 2.75) is 38.3 Å². The van der Waals surface area contributed by atoms with Crippen LogP contribution in [-0.2, 0) is 25.8 Å². The fourth-order valence-electron chi connectivity index (χ4n) is 4.84. The zero-order valence-corrected chi connectivity index (χ0v) is 17.9. The molecule has 31 heavy (non-hydrogen) atoms. The lowest BCUT2D eigenvalue weighted by atomic mass is 9.87. The van der Waals surface area contributed by atoms with E-state index in [0.717, 1.165) is 52.0 Å². The van der Waals surface area contributed by atoms with Crippen LogP contribution in [-0.4, -0.2) is 62.9 Å². The van der Waals surface area contributed by atoms with Crippen molar-refractivity contribution < 1.29 is 4.79 Å². The Kier molecular flexibility index (Phi) is 5.80. The van der Waals surface area contributed by atoms with Crippen LogP contribution in [0.2, 0.25) is 0 Å². The molecule has 1 atom stereocenters. The fourth-order valence-corrected chi connectivity index (χ4v) is 4.84. The molecule has 3 aromatic rings. The summed E-state index contributed by atoms with van der Waals surface area (Å²) in [6, 6.07) is 19.7. The number of benzene rings is 2. The molecule has 1 amide bonds. The molecule has 5 rings (SSSR count). The van der Waals surface area contributed by atoms with Crippen molar-refractivity contribution in [1.82, 2.24) is 24.8 Å². The van der Waals surface area contributed by atoms with Crippen molar-refractivity contribution in [3.8, 4) is 0 Å². The molecular formula is C25H29N5O. The Labute approximate surface area is 183 Å². The number of amides is 1. The van der Waals surface area contributed by atoms with Gasteiger partial charge in [0, 0.05) is 38.8 Å². The minimum absolute atomic E-state index is 0.000370. The number of fused-ring (bicyclic) bond motifs is 1. The summed E-state index contributed by atoms with van der Waals surface area (Å²) in [6.45, 7) is 4.10. The van der Waals surface area contributed by atoms with Crippen LogP contribution in [0, 0.1) is 0 Å². The Morgan fingerprint density at radius 2 is 1.68 bits per heavy atom. The van der Waals surface area contributed by atoms with Gasteiger partial charge in [-0.2, -0.15) is 0 Å². The smallest absolute Gasteiger partial charge is 0.276 e. The third-order valence-electron chi connectivity index (χ3n) is 6.67. The molecule has 2 aromatic carbocycles. The largest absolute Gasteiger partial charge is 0.335 e. The van der Waals surface area contributed by atoms with E-state index >= 15 is 0 Å². The van der Waals surface area contributed by atoms with Gasteiger partial charge in [0.05, 0.1) is 6.20 Å². The first kappa shape index (κ1) is 19.9. The summed E-state index contributed by atoms with van der Waals surface area (Å²) < 4.78 is 1.77. The molecule has 1 saturated heterocycles. The van der Waals surface area contributed by atoms with E-state index in [2.05, 4.69) is 51.6 Å². The highest BCUT2D eigenvalue weighted by molar-refractivity contribution is 5.92. The van der Waals surface area contributed by atoms with Crippen LogP contribution in [0.25, 0.3) is 0 Å². The minimum atomic E-state index is -0.000370. The van der Waals surface area contributed by atoms with E-state index in [1.54, 1.807) is 10.9 Å². The zero-order valence-electron chi connectivity index (χ0n) is 17.9. The van der Waals surface area contributed by atoms with Crippen molar-refractivity contribution in [2.24, 2.45) is 0 Å².